The lowest BCUT2D eigenvalue weighted by molar-refractivity contribution is 0.0186. The summed E-state index contributed by atoms with van der Waals surface area (Å²) < 4.78 is 51.1. The molecule has 0 saturated carbocycles. The second kappa shape index (κ2) is 8.52. The zero-order valence-electron chi connectivity index (χ0n) is 14.7. The molecule has 2 heterocycles. The Labute approximate surface area is 162 Å². The summed E-state index contributed by atoms with van der Waals surface area (Å²) in [5.74, 6) is -0.268. The van der Waals surface area contributed by atoms with E-state index in [4.69, 9.17) is 21.1 Å². The van der Waals surface area contributed by atoms with Crippen LogP contribution in [0, 0.1) is 11.7 Å². The molecule has 1 aromatic carbocycles. The lowest BCUT2D eigenvalue weighted by atomic mass is 9.98. The van der Waals surface area contributed by atoms with Gasteiger partial charge >= 0.3 is 0 Å². The van der Waals surface area contributed by atoms with E-state index in [1.807, 2.05) is 0 Å². The summed E-state index contributed by atoms with van der Waals surface area (Å²) in [6, 6.07) is 7.54. The zero-order chi connectivity index (χ0) is 19.4. The highest BCUT2D eigenvalue weighted by molar-refractivity contribution is 7.88. The third-order valence-electron chi connectivity index (χ3n) is 4.25. The number of hydrogen-bond acceptors (Lipinski definition) is 5. The van der Waals surface area contributed by atoms with Gasteiger partial charge in [0, 0.05) is 36.4 Å². The van der Waals surface area contributed by atoms with Crippen LogP contribution in [0.15, 0.2) is 36.5 Å². The van der Waals surface area contributed by atoms with E-state index in [2.05, 4.69) is 9.71 Å². The fourth-order valence-electron chi connectivity index (χ4n) is 2.92. The largest absolute Gasteiger partial charge is 0.493 e. The van der Waals surface area contributed by atoms with Gasteiger partial charge in [0.2, 0.25) is 10.0 Å². The standard InChI is InChI=1S/C18H20ClFN2O4S/c1-27(23,24)22-17-6-7-25-10-12(17)11-26-14-3-4-15(16(20)8-14)18-5-2-13(19)9-21-18/h2-5,8-9,12,17,22H,6-7,10-11H2,1H3/t12-,17+/m1/s1. The van der Waals surface area contributed by atoms with Crippen molar-refractivity contribution in [3.05, 3.63) is 47.4 Å². The molecule has 0 bridgehead atoms. The van der Waals surface area contributed by atoms with Crippen molar-refractivity contribution < 1.29 is 22.3 Å². The fourth-order valence-corrected chi connectivity index (χ4v) is 3.90. The molecule has 2 atom stereocenters. The Morgan fingerprint density at radius 3 is 2.85 bits per heavy atom. The van der Waals surface area contributed by atoms with Crippen molar-refractivity contribution in [3.63, 3.8) is 0 Å². The van der Waals surface area contributed by atoms with Gasteiger partial charge in [0.1, 0.15) is 11.6 Å². The molecule has 6 nitrogen and oxygen atoms in total. The average Bonchev–Trinajstić information content (AvgIpc) is 2.61. The molecule has 2 aromatic rings. The summed E-state index contributed by atoms with van der Waals surface area (Å²) in [6.07, 6.45) is 3.15. The van der Waals surface area contributed by atoms with Crippen LogP contribution >= 0.6 is 11.6 Å². The number of nitrogens with one attached hydrogen (secondary N) is 1. The number of halogens is 2. The number of benzene rings is 1. The van der Waals surface area contributed by atoms with Gasteiger partial charge in [-0.25, -0.2) is 17.5 Å². The maximum absolute atomic E-state index is 14.4. The topological polar surface area (TPSA) is 77.5 Å². The van der Waals surface area contributed by atoms with Crippen LogP contribution in [0.4, 0.5) is 4.39 Å². The van der Waals surface area contributed by atoms with E-state index in [0.29, 0.717) is 41.7 Å². The number of rotatable bonds is 6. The molecule has 0 amide bonds. The van der Waals surface area contributed by atoms with Crippen LogP contribution in [0.2, 0.25) is 5.02 Å². The molecular formula is C18H20ClFN2O4S. The lowest BCUT2D eigenvalue weighted by Gasteiger charge is -2.31. The number of hydrogen-bond donors (Lipinski definition) is 1. The van der Waals surface area contributed by atoms with E-state index in [0.717, 1.165) is 6.26 Å². The van der Waals surface area contributed by atoms with Gasteiger partial charge < -0.3 is 9.47 Å². The van der Waals surface area contributed by atoms with E-state index < -0.39 is 15.8 Å². The predicted molar refractivity (Wildman–Crippen MR) is 101 cm³/mol. The van der Waals surface area contributed by atoms with Crippen molar-refractivity contribution in [1.29, 1.82) is 0 Å². The van der Waals surface area contributed by atoms with Gasteiger partial charge in [-0.1, -0.05) is 11.6 Å². The molecule has 1 fully saturated rings. The van der Waals surface area contributed by atoms with Crippen molar-refractivity contribution in [2.45, 2.75) is 12.5 Å². The van der Waals surface area contributed by atoms with Crippen LogP contribution in [-0.4, -0.2) is 45.5 Å². The Bertz CT molecular complexity index is 893. The molecular weight excluding hydrogens is 395 g/mol. The summed E-state index contributed by atoms with van der Waals surface area (Å²) in [4.78, 5) is 4.11. The smallest absolute Gasteiger partial charge is 0.208 e. The van der Waals surface area contributed by atoms with Gasteiger partial charge in [0.15, 0.2) is 0 Å². The molecule has 1 aromatic heterocycles. The van der Waals surface area contributed by atoms with Gasteiger partial charge in [0.25, 0.3) is 0 Å². The van der Waals surface area contributed by atoms with Crippen LogP contribution in [0.1, 0.15) is 6.42 Å². The van der Waals surface area contributed by atoms with Gasteiger partial charge in [-0.3, -0.25) is 4.98 Å². The Morgan fingerprint density at radius 2 is 2.19 bits per heavy atom. The first-order valence-electron chi connectivity index (χ1n) is 8.41. The lowest BCUT2D eigenvalue weighted by Crippen LogP contribution is -2.47. The summed E-state index contributed by atoms with van der Waals surface area (Å²) in [6.45, 7) is 1.08. The van der Waals surface area contributed by atoms with E-state index in [1.165, 1.54) is 12.3 Å². The van der Waals surface area contributed by atoms with Gasteiger partial charge in [-0.05, 0) is 30.7 Å². The molecule has 1 N–H and O–H groups in total. The highest BCUT2D eigenvalue weighted by atomic mass is 35.5. The minimum atomic E-state index is -3.32. The fraction of sp³-hybridized carbons (Fsp3) is 0.389. The first-order valence-corrected chi connectivity index (χ1v) is 10.7. The third kappa shape index (κ3) is 5.62. The molecule has 0 radical (unpaired) electrons. The van der Waals surface area contributed by atoms with Crippen LogP contribution in [0.3, 0.4) is 0 Å². The van der Waals surface area contributed by atoms with E-state index >= 15 is 0 Å². The third-order valence-corrected chi connectivity index (χ3v) is 5.20. The van der Waals surface area contributed by atoms with Crippen LogP contribution in [0.5, 0.6) is 5.75 Å². The maximum atomic E-state index is 14.4. The molecule has 1 saturated heterocycles. The SMILES string of the molecule is CS(=O)(=O)N[C@H]1CCOC[C@@H]1COc1ccc(-c2ccc(Cl)cn2)c(F)c1. The Balaban J connectivity index is 1.67. The Hall–Kier alpha value is -1.74. The molecule has 1 aliphatic rings. The van der Waals surface area contributed by atoms with Crippen molar-refractivity contribution in [1.82, 2.24) is 9.71 Å². The molecule has 1 aliphatic heterocycles. The number of sulfonamides is 1. The van der Waals surface area contributed by atoms with Crippen LogP contribution < -0.4 is 9.46 Å². The molecule has 0 spiro atoms. The molecule has 146 valence electrons. The maximum Gasteiger partial charge on any atom is 0.208 e. The van der Waals surface area contributed by atoms with Crippen molar-refractivity contribution in [2.24, 2.45) is 5.92 Å². The number of ether oxygens (including phenoxy) is 2. The first-order chi connectivity index (χ1) is 12.8. The summed E-state index contributed by atoms with van der Waals surface area (Å²) in [7, 11) is -3.32. The summed E-state index contributed by atoms with van der Waals surface area (Å²) in [5.41, 5.74) is 0.818. The van der Waals surface area contributed by atoms with Gasteiger partial charge in [-0.2, -0.15) is 0 Å². The van der Waals surface area contributed by atoms with E-state index in [1.54, 1.807) is 24.3 Å². The Kier molecular flexibility index (Phi) is 6.31. The van der Waals surface area contributed by atoms with Crippen LogP contribution in [0.25, 0.3) is 11.3 Å². The second-order valence-electron chi connectivity index (χ2n) is 6.43. The van der Waals surface area contributed by atoms with Gasteiger partial charge in [0.05, 0.1) is 30.2 Å². The average molecular weight is 415 g/mol. The van der Waals surface area contributed by atoms with E-state index in [9.17, 15) is 12.8 Å². The molecule has 0 unspecified atom stereocenters. The summed E-state index contributed by atoms with van der Waals surface area (Å²) in [5, 5.41) is 0.478. The minimum absolute atomic E-state index is 0.158. The minimum Gasteiger partial charge on any atom is -0.493 e. The second-order valence-corrected chi connectivity index (χ2v) is 8.65. The monoisotopic (exact) mass is 414 g/mol. The molecule has 9 heteroatoms. The van der Waals surface area contributed by atoms with Crippen molar-refractivity contribution in [2.75, 3.05) is 26.1 Å². The quantitative estimate of drug-likeness (QED) is 0.786. The summed E-state index contributed by atoms with van der Waals surface area (Å²) >= 11 is 5.80. The number of aromatic nitrogens is 1. The highest BCUT2D eigenvalue weighted by Gasteiger charge is 2.28. The van der Waals surface area contributed by atoms with Crippen LogP contribution in [-0.2, 0) is 14.8 Å². The van der Waals surface area contributed by atoms with Gasteiger partial charge in [-0.15, -0.1) is 0 Å². The van der Waals surface area contributed by atoms with Crippen molar-refractivity contribution in [3.8, 4) is 17.0 Å². The normalized spacial score (nSPS) is 20.4. The first kappa shape index (κ1) is 20.0. The molecule has 27 heavy (non-hydrogen) atoms. The molecule has 3 rings (SSSR count). The highest BCUT2D eigenvalue weighted by Crippen LogP contribution is 2.26. The van der Waals surface area contributed by atoms with Crippen molar-refractivity contribution >= 4 is 21.6 Å². The number of nitrogens with zero attached hydrogens (tertiary/aromatic N) is 1. The van der Waals surface area contributed by atoms with E-state index in [-0.39, 0.29) is 18.6 Å². The Morgan fingerprint density at radius 1 is 1.37 bits per heavy atom. The molecule has 0 aliphatic carbocycles. The predicted octanol–water partition coefficient (Wildman–Crippen LogP) is 2.87. The zero-order valence-corrected chi connectivity index (χ0v) is 16.3. The number of pyridine rings is 1.